The highest BCUT2D eigenvalue weighted by atomic mass is 32.2. The van der Waals surface area contributed by atoms with Gasteiger partial charge in [0.25, 0.3) is 0 Å². The van der Waals surface area contributed by atoms with Crippen LogP contribution in [0, 0.1) is 10.1 Å². The van der Waals surface area contributed by atoms with Crippen LogP contribution in [-0.4, -0.2) is 45.6 Å². The molecule has 1 aromatic heterocycles. The number of aromatic carboxylic acids is 1. The number of rotatable bonds is 4. The van der Waals surface area contributed by atoms with E-state index in [4.69, 9.17) is 5.11 Å². The van der Waals surface area contributed by atoms with E-state index in [9.17, 15) is 14.9 Å². The number of nitro groups is 1. The normalized spacial score (nSPS) is 18.3. The summed E-state index contributed by atoms with van der Waals surface area (Å²) in [5.74, 6) is 0.926. The first-order valence-corrected chi connectivity index (χ1v) is 6.84. The first-order chi connectivity index (χ1) is 9.00. The zero-order chi connectivity index (χ0) is 14.0. The van der Waals surface area contributed by atoms with Crippen LogP contribution in [0.25, 0.3) is 0 Å². The van der Waals surface area contributed by atoms with E-state index in [1.807, 2.05) is 0 Å². The number of aromatic nitrogens is 1. The summed E-state index contributed by atoms with van der Waals surface area (Å²) >= 11 is 1.79. The molecular weight excluding hydrogens is 270 g/mol. The van der Waals surface area contributed by atoms with Crippen LogP contribution in [0.5, 0.6) is 0 Å². The maximum absolute atomic E-state index is 11.1. The molecule has 0 bridgehead atoms. The van der Waals surface area contributed by atoms with Crippen LogP contribution in [0.4, 0.5) is 11.5 Å². The Morgan fingerprint density at radius 2 is 2.42 bits per heavy atom. The van der Waals surface area contributed by atoms with Crippen molar-refractivity contribution in [2.24, 2.45) is 0 Å². The largest absolute Gasteiger partial charge is 0.478 e. The molecule has 0 amide bonds. The zero-order valence-corrected chi connectivity index (χ0v) is 11.1. The lowest BCUT2D eigenvalue weighted by molar-refractivity contribution is -0.384. The van der Waals surface area contributed by atoms with Crippen molar-refractivity contribution >= 4 is 29.2 Å². The molecule has 1 saturated heterocycles. The fourth-order valence-corrected chi connectivity index (χ4v) is 3.24. The first-order valence-electron chi connectivity index (χ1n) is 5.69. The molecule has 0 spiro atoms. The van der Waals surface area contributed by atoms with E-state index in [0.717, 1.165) is 30.2 Å². The minimum Gasteiger partial charge on any atom is -0.478 e. The van der Waals surface area contributed by atoms with E-state index in [1.165, 1.54) is 0 Å². The van der Waals surface area contributed by atoms with Gasteiger partial charge in [-0.25, -0.2) is 9.78 Å². The van der Waals surface area contributed by atoms with Gasteiger partial charge in [-0.15, -0.1) is 0 Å². The number of hydrogen-bond acceptors (Lipinski definition) is 6. The summed E-state index contributed by atoms with van der Waals surface area (Å²) in [6.45, 7) is 0. The van der Waals surface area contributed by atoms with Crippen molar-refractivity contribution in [2.75, 3.05) is 23.5 Å². The van der Waals surface area contributed by atoms with E-state index < -0.39 is 10.9 Å². The first kappa shape index (κ1) is 13.6. The number of pyridine rings is 1. The Morgan fingerprint density at radius 1 is 1.68 bits per heavy atom. The van der Waals surface area contributed by atoms with Crippen molar-refractivity contribution < 1.29 is 14.8 Å². The van der Waals surface area contributed by atoms with Crippen molar-refractivity contribution in [3.05, 3.63) is 27.9 Å². The number of thioether (sulfide) groups is 1. The zero-order valence-electron chi connectivity index (χ0n) is 10.3. The maximum atomic E-state index is 11.1. The van der Waals surface area contributed by atoms with Crippen molar-refractivity contribution in [1.82, 2.24) is 4.98 Å². The minimum atomic E-state index is -1.22. The monoisotopic (exact) mass is 283 g/mol. The second kappa shape index (κ2) is 5.43. The molecule has 1 fully saturated rings. The summed E-state index contributed by atoms with van der Waals surface area (Å²) in [4.78, 5) is 27.0. The molecule has 1 aliphatic heterocycles. The molecule has 0 aromatic carbocycles. The summed E-state index contributed by atoms with van der Waals surface area (Å²) in [6.07, 6.45) is 2.10. The number of carboxylic acids is 1. The van der Waals surface area contributed by atoms with Crippen LogP contribution < -0.4 is 4.90 Å². The Bertz CT molecular complexity index is 517. The molecule has 0 aliphatic carbocycles. The smallest absolute Gasteiger partial charge is 0.337 e. The van der Waals surface area contributed by atoms with Crippen LogP contribution in [-0.2, 0) is 0 Å². The molecule has 1 aromatic rings. The number of anilines is 1. The Morgan fingerprint density at radius 3 is 2.95 bits per heavy atom. The Labute approximate surface area is 113 Å². The predicted molar refractivity (Wildman–Crippen MR) is 72.0 cm³/mol. The lowest BCUT2D eigenvalue weighted by Crippen LogP contribution is -2.32. The van der Waals surface area contributed by atoms with Crippen LogP contribution in [0.1, 0.15) is 16.8 Å². The highest BCUT2D eigenvalue weighted by Gasteiger charge is 2.27. The molecule has 0 radical (unpaired) electrons. The molecule has 1 atom stereocenters. The fourth-order valence-electron chi connectivity index (χ4n) is 1.97. The van der Waals surface area contributed by atoms with Crippen molar-refractivity contribution in [3.63, 3.8) is 0 Å². The molecule has 1 N–H and O–H groups in total. The van der Waals surface area contributed by atoms with Crippen LogP contribution >= 0.6 is 11.8 Å². The minimum absolute atomic E-state index is 0.176. The molecule has 1 aliphatic rings. The molecule has 0 saturated carbocycles. The summed E-state index contributed by atoms with van der Waals surface area (Å²) in [6, 6.07) is 1.26. The number of carboxylic acid groups (broad SMARTS) is 1. The van der Waals surface area contributed by atoms with Gasteiger partial charge in [-0.05, 0) is 12.2 Å². The Hall–Kier alpha value is -1.83. The maximum Gasteiger partial charge on any atom is 0.337 e. The summed E-state index contributed by atoms with van der Waals surface area (Å²) in [5.41, 5.74) is -0.441. The van der Waals surface area contributed by atoms with E-state index >= 15 is 0 Å². The van der Waals surface area contributed by atoms with Gasteiger partial charge in [-0.2, -0.15) is 11.8 Å². The quantitative estimate of drug-likeness (QED) is 0.662. The van der Waals surface area contributed by atoms with Gasteiger partial charge in [0.05, 0.1) is 10.5 Å². The van der Waals surface area contributed by atoms with Crippen LogP contribution in [0.3, 0.4) is 0 Å². The van der Waals surface area contributed by atoms with Gasteiger partial charge in [0, 0.05) is 31.1 Å². The Balaban J connectivity index is 2.38. The van der Waals surface area contributed by atoms with E-state index in [-0.39, 0.29) is 23.1 Å². The van der Waals surface area contributed by atoms with Crippen LogP contribution in [0.15, 0.2) is 12.3 Å². The van der Waals surface area contributed by atoms with Gasteiger partial charge in [0.1, 0.15) is 0 Å². The van der Waals surface area contributed by atoms with Crippen LogP contribution in [0.2, 0.25) is 0 Å². The van der Waals surface area contributed by atoms with Crippen molar-refractivity contribution in [2.45, 2.75) is 12.5 Å². The van der Waals surface area contributed by atoms with Gasteiger partial charge in [0.2, 0.25) is 5.82 Å². The summed E-state index contributed by atoms with van der Waals surface area (Å²) < 4.78 is 0. The molecule has 19 heavy (non-hydrogen) atoms. The highest BCUT2D eigenvalue weighted by Crippen LogP contribution is 2.31. The van der Waals surface area contributed by atoms with Gasteiger partial charge in [-0.1, -0.05) is 0 Å². The second-order valence-corrected chi connectivity index (χ2v) is 5.41. The van der Waals surface area contributed by atoms with Crippen molar-refractivity contribution in [3.8, 4) is 0 Å². The lowest BCUT2D eigenvalue weighted by Gasteiger charge is -2.24. The molecule has 2 rings (SSSR count). The molecule has 1 unspecified atom stereocenters. The van der Waals surface area contributed by atoms with Gasteiger partial charge in [0.15, 0.2) is 0 Å². The SMILES string of the molecule is CN(c1ncc(C(=O)O)cc1[N+](=O)[O-])C1CCSC1. The Kier molecular flexibility index (Phi) is 3.89. The topological polar surface area (TPSA) is 96.6 Å². The number of nitrogens with zero attached hydrogens (tertiary/aromatic N) is 3. The molecule has 7 nitrogen and oxygen atoms in total. The van der Waals surface area contributed by atoms with Crippen molar-refractivity contribution in [1.29, 1.82) is 0 Å². The van der Waals surface area contributed by atoms with Gasteiger partial charge in [-0.3, -0.25) is 10.1 Å². The third-order valence-corrected chi connectivity index (χ3v) is 4.22. The molecule has 8 heteroatoms. The van der Waals surface area contributed by atoms with E-state index in [0.29, 0.717) is 0 Å². The number of hydrogen-bond donors (Lipinski definition) is 1. The third kappa shape index (κ3) is 2.78. The summed E-state index contributed by atoms with van der Waals surface area (Å²) in [5, 5.41) is 19.9. The third-order valence-electron chi connectivity index (χ3n) is 3.08. The number of carbonyl (C=O) groups is 1. The van der Waals surface area contributed by atoms with E-state index in [2.05, 4.69) is 4.98 Å². The standard InChI is InChI=1S/C11H13N3O4S/c1-13(8-2-3-19-6-8)10-9(14(17)18)4-7(5-12-10)11(15)16/h4-5,8H,2-3,6H2,1H3,(H,15,16). The molecule has 102 valence electrons. The molecular formula is C11H13N3O4S. The lowest BCUT2D eigenvalue weighted by atomic mass is 10.2. The average Bonchev–Trinajstić information content (AvgIpc) is 2.90. The second-order valence-electron chi connectivity index (χ2n) is 4.26. The molecule has 2 heterocycles. The van der Waals surface area contributed by atoms with Gasteiger partial charge >= 0.3 is 11.7 Å². The summed E-state index contributed by atoms with van der Waals surface area (Å²) in [7, 11) is 1.76. The predicted octanol–water partition coefficient (Wildman–Crippen LogP) is 1.63. The fraction of sp³-hybridized carbons (Fsp3) is 0.455. The van der Waals surface area contributed by atoms with E-state index in [1.54, 1.807) is 23.7 Å². The van der Waals surface area contributed by atoms with Gasteiger partial charge < -0.3 is 10.0 Å². The average molecular weight is 283 g/mol. The highest BCUT2D eigenvalue weighted by molar-refractivity contribution is 7.99.